The van der Waals surface area contributed by atoms with Crippen molar-refractivity contribution in [2.45, 2.75) is 13.0 Å². The van der Waals surface area contributed by atoms with Crippen molar-refractivity contribution in [2.75, 3.05) is 0 Å². The van der Waals surface area contributed by atoms with Gasteiger partial charge in [-0.3, -0.25) is 9.97 Å². The SMILES string of the molecule is Cc1cnccc1C(N)c1cncc(F)c1. The minimum Gasteiger partial charge on any atom is -0.320 e. The van der Waals surface area contributed by atoms with Gasteiger partial charge in [-0.2, -0.15) is 0 Å². The number of halogens is 1. The normalized spacial score (nSPS) is 12.4. The topological polar surface area (TPSA) is 51.8 Å². The molecule has 2 rings (SSSR count). The lowest BCUT2D eigenvalue weighted by Gasteiger charge is -2.14. The van der Waals surface area contributed by atoms with Crippen LogP contribution in [0.4, 0.5) is 4.39 Å². The zero-order valence-corrected chi connectivity index (χ0v) is 8.89. The fourth-order valence-electron chi connectivity index (χ4n) is 1.61. The summed E-state index contributed by atoms with van der Waals surface area (Å²) in [5, 5.41) is 0. The van der Waals surface area contributed by atoms with E-state index in [9.17, 15) is 4.39 Å². The Bertz CT molecular complexity index is 499. The Kier molecular flexibility index (Phi) is 2.92. The van der Waals surface area contributed by atoms with Crippen LogP contribution in [0.2, 0.25) is 0 Å². The van der Waals surface area contributed by atoms with Crippen LogP contribution in [0, 0.1) is 12.7 Å². The third-order valence-corrected chi connectivity index (χ3v) is 2.48. The molecule has 2 heterocycles. The molecule has 0 saturated carbocycles. The van der Waals surface area contributed by atoms with Crippen molar-refractivity contribution in [1.29, 1.82) is 0 Å². The van der Waals surface area contributed by atoms with Crippen LogP contribution in [0.5, 0.6) is 0 Å². The molecular weight excluding hydrogens is 205 g/mol. The average Bonchev–Trinajstić information content (AvgIpc) is 2.29. The van der Waals surface area contributed by atoms with Crippen molar-refractivity contribution >= 4 is 0 Å². The zero-order valence-electron chi connectivity index (χ0n) is 8.89. The molecule has 1 unspecified atom stereocenters. The van der Waals surface area contributed by atoms with E-state index in [0.717, 1.165) is 17.3 Å². The number of pyridine rings is 2. The molecule has 2 N–H and O–H groups in total. The van der Waals surface area contributed by atoms with Crippen molar-refractivity contribution in [3.05, 3.63) is 59.4 Å². The lowest BCUT2D eigenvalue weighted by atomic mass is 9.99. The summed E-state index contributed by atoms with van der Waals surface area (Å²) in [6.45, 7) is 1.93. The third-order valence-electron chi connectivity index (χ3n) is 2.48. The van der Waals surface area contributed by atoms with E-state index in [2.05, 4.69) is 9.97 Å². The van der Waals surface area contributed by atoms with E-state index < -0.39 is 0 Å². The molecule has 0 spiro atoms. The Morgan fingerprint density at radius 2 is 2.06 bits per heavy atom. The number of hydrogen-bond donors (Lipinski definition) is 1. The summed E-state index contributed by atoms with van der Waals surface area (Å²) in [4.78, 5) is 7.78. The lowest BCUT2D eigenvalue weighted by molar-refractivity contribution is 0.616. The van der Waals surface area contributed by atoms with Gasteiger partial charge in [0, 0.05) is 18.6 Å². The van der Waals surface area contributed by atoms with E-state index in [1.165, 1.54) is 6.07 Å². The summed E-state index contributed by atoms with van der Waals surface area (Å²) in [7, 11) is 0. The molecule has 0 aromatic carbocycles. The molecule has 0 radical (unpaired) electrons. The first-order chi connectivity index (χ1) is 7.68. The first-order valence-electron chi connectivity index (χ1n) is 4.95. The molecule has 0 saturated heterocycles. The Labute approximate surface area is 93.2 Å². The first-order valence-corrected chi connectivity index (χ1v) is 4.95. The van der Waals surface area contributed by atoms with E-state index in [-0.39, 0.29) is 11.9 Å². The quantitative estimate of drug-likeness (QED) is 0.836. The third kappa shape index (κ3) is 2.06. The molecule has 16 heavy (non-hydrogen) atoms. The van der Waals surface area contributed by atoms with Gasteiger partial charge >= 0.3 is 0 Å². The molecule has 1 atom stereocenters. The Balaban J connectivity index is 2.39. The van der Waals surface area contributed by atoms with Gasteiger partial charge in [0.25, 0.3) is 0 Å². The number of nitrogens with zero attached hydrogens (tertiary/aromatic N) is 2. The van der Waals surface area contributed by atoms with Gasteiger partial charge in [-0.05, 0) is 35.7 Å². The number of aromatic nitrogens is 2. The standard InChI is InChI=1S/C12H12FN3/c1-8-5-15-3-2-11(8)12(14)9-4-10(13)7-16-6-9/h2-7,12H,14H2,1H3. The zero-order chi connectivity index (χ0) is 11.5. The molecule has 2 aromatic rings. The summed E-state index contributed by atoms with van der Waals surface area (Å²) in [5.74, 6) is -0.375. The number of rotatable bonds is 2. The van der Waals surface area contributed by atoms with Crippen LogP contribution in [-0.4, -0.2) is 9.97 Å². The van der Waals surface area contributed by atoms with Crippen molar-refractivity contribution in [1.82, 2.24) is 9.97 Å². The highest BCUT2D eigenvalue weighted by molar-refractivity contribution is 5.33. The van der Waals surface area contributed by atoms with E-state index in [0.29, 0.717) is 5.56 Å². The van der Waals surface area contributed by atoms with E-state index >= 15 is 0 Å². The first kappa shape index (κ1) is 10.7. The molecule has 0 fully saturated rings. The van der Waals surface area contributed by atoms with Gasteiger partial charge in [-0.15, -0.1) is 0 Å². The van der Waals surface area contributed by atoms with Crippen molar-refractivity contribution < 1.29 is 4.39 Å². The summed E-state index contributed by atoms with van der Waals surface area (Å²) < 4.78 is 13.0. The van der Waals surface area contributed by atoms with E-state index in [1.54, 1.807) is 18.6 Å². The van der Waals surface area contributed by atoms with Crippen LogP contribution in [0.1, 0.15) is 22.7 Å². The maximum absolute atomic E-state index is 13.0. The predicted molar refractivity (Wildman–Crippen MR) is 59.2 cm³/mol. The molecule has 0 aliphatic rings. The lowest BCUT2D eigenvalue weighted by Crippen LogP contribution is -2.13. The Morgan fingerprint density at radius 1 is 1.25 bits per heavy atom. The van der Waals surface area contributed by atoms with Gasteiger partial charge in [0.2, 0.25) is 0 Å². The number of aryl methyl sites for hydroxylation is 1. The number of hydrogen-bond acceptors (Lipinski definition) is 3. The Hall–Kier alpha value is -1.81. The van der Waals surface area contributed by atoms with Crippen LogP contribution in [0.25, 0.3) is 0 Å². The van der Waals surface area contributed by atoms with Gasteiger partial charge in [0.05, 0.1) is 12.2 Å². The summed E-state index contributed by atoms with van der Waals surface area (Å²) >= 11 is 0. The van der Waals surface area contributed by atoms with Crippen LogP contribution in [0.15, 0.2) is 36.9 Å². The second-order valence-corrected chi connectivity index (χ2v) is 3.65. The molecule has 0 aliphatic heterocycles. The van der Waals surface area contributed by atoms with Crippen LogP contribution in [0.3, 0.4) is 0 Å². The van der Waals surface area contributed by atoms with Crippen LogP contribution >= 0.6 is 0 Å². The monoisotopic (exact) mass is 217 g/mol. The fraction of sp³-hybridized carbons (Fsp3) is 0.167. The highest BCUT2D eigenvalue weighted by Gasteiger charge is 2.12. The van der Waals surface area contributed by atoms with E-state index in [4.69, 9.17) is 5.73 Å². The van der Waals surface area contributed by atoms with Gasteiger partial charge in [-0.1, -0.05) is 0 Å². The van der Waals surface area contributed by atoms with Crippen molar-refractivity contribution in [3.8, 4) is 0 Å². The molecule has 0 amide bonds. The smallest absolute Gasteiger partial charge is 0.141 e. The highest BCUT2D eigenvalue weighted by atomic mass is 19.1. The highest BCUT2D eigenvalue weighted by Crippen LogP contribution is 2.21. The Morgan fingerprint density at radius 3 is 2.75 bits per heavy atom. The van der Waals surface area contributed by atoms with Gasteiger partial charge in [-0.25, -0.2) is 4.39 Å². The molecule has 3 nitrogen and oxygen atoms in total. The predicted octanol–water partition coefficient (Wildman–Crippen LogP) is 1.97. The maximum Gasteiger partial charge on any atom is 0.141 e. The van der Waals surface area contributed by atoms with Gasteiger partial charge < -0.3 is 5.73 Å². The van der Waals surface area contributed by atoms with Crippen molar-refractivity contribution in [2.24, 2.45) is 5.73 Å². The molecule has 82 valence electrons. The summed E-state index contributed by atoms with van der Waals surface area (Å²) in [6, 6.07) is 2.87. The second kappa shape index (κ2) is 4.37. The summed E-state index contributed by atoms with van der Waals surface area (Å²) in [6.07, 6.45) is 6.15. The van der Waals surface area contributed by atoms with Crippen LogP contribution < -0.4 is 5.73 Å². The molecular formula is C12H12FN3. The van der Waals surface area contributed by atoms with Crippen LogP contribution in [-0.2, 0) is 0 Å². The minimum absolute atomic E-state index is 0.369. The fourth-order valence-corrected chi connectivity index (χ4v) is 1.61. The summed E-state index contributed by atoms with van der Waals surface area (Å²) in [5.41, 5.74) is 8.63. The maximum atomic E-state index is 13.0. The van der Waals surface area contributed by atoms with Gasteiger partial charge in [0.1, 0.15) is 5.82 Å². The second-order valence-electron chi connectivity index (χ2n) is 3.65. The average molecular weight is 217 g/mol. The van der Waals surface area contributed by atoms with Crippen molar-refractivity contribution in [3.63, 3.8) is 0 Å². The molecule has 0 bridgehead atoms. The van der Waals surface area contributed by atoms with Gasteiger partial charge in [0.15, 0.2) is 0 Å². The minimum atomic E-state index is -0.375. The molecule has 0 aliphatic carbocycles. The number of nitrogens with two attached hydrogens (primary N) is 1. The largest absolute Gasteiger partial charge is 0.320 e. The molecule has 2 aromatic heterocycles. The van der Waals surface area contributed by atoms with E-state index in [1.807, 2.05) is 13.0 Å². The molecule has 4 heteroatoms.